The number of halogens is 1. The molecule has 26 heavy (non-hydrogen) atoms. The molecule has 0 bridgehead atoms. The first-order valence-corrected chi connectivity index (χ1v) is 8.84. The summed E-state index contributed by atoms with van der Waals surface area (Å²) in [5.74, 6) is -0.860. The molecule has 1 heterocycles. The molecule has 132 valence electrons. The molecule has 1 N–H and O–H groups in total. The molecule has 5 nitrogen and oxygen atoms in total. The molecule has 0 radical (unpaired) electrons. The fraction of sp³-hybridized carbons (Fsp3) is 0.150. The van der Waals surface area contributed by atoms with Crippen LogP contribution in [0.4, 0.5) is 0 Å². The maximum absolute atomic E-state index is 12.6. The van der Waals surface area contributed by atoms with Gasteiger partial charge in [0, 0.05) is 22.5 Å². The van der Waals surface area contributed by atoms with Crippen molar-refractivity contribution in [2.45, 2.75) is 12.5 Å². The zero-order valence-corrected chi connectivity index (χ0v) is 15.7. The Morgan fingerprint density at radius 2 is 1.96 bits per heavy atom. The number of methoxy groups -OCH3 is 1. The van der Waals surface area contributed by atoms with Crippen LogP contribution in [-0.2, 0) is 16.0 Å². The van der Waals surface area contributed by atoms with E-state index in [1.807, 2.05) is 48.5 Å². The summed E-state index contributed by atoms with van der Waals surface area (Å²) in [4.78, 5) is 29.0. The van der Waals surface area contributed by atoms with Crippen molar-refractivity contribution in [2.24, 2.45) is 0 Å². The highest BCUT2D eigenvalue weighted by Crippen LogP contribution is 2.15. The van der Waals surface area contributed by atoms with Gasteiger partial charge in [-0.2, -0.15) is 0 Å². The van der Waals surface area contributed by atoms with Gasteiger partial charge in [-0.3, -0.25) is 9.78 Å². The van der Waals surface area contributed by atoms with Crippen molar-refractivity contribution in [1.29, 1.82) is 0 Å². The molecule has 2 aromatic carbocycles. The van der Waals surface area contributed by atoms with Crippen LogP contribution in [0, 0.1) is 0 Å². The van der Waals surface area contributed by atoms with Crippen molar-refractivity contribution < 1.29 is 14.3 Å². The van der Waals surface area contributed by atoms with Crippen LogP contribution < -0.4 is 5.32 Å². The van der Waals surface area contributed by atoms with Crippen LogP contribution in [0.1, 0.15) is 15.9 Å². The first-order valence-electron chi connectivity index (χ1n) is 8.05. The molecule has 0 fully saturated rings. The summed E-state index contributed by atoms with van der Waals surface area (Å²) in [5, 5.41) is 3.61. The largest absolute Gasteiger partial charge is 0.467 e. The van der Waals surface area contributed by atoms with Crippen LogP contribution in [0.15, 0.2) is 65.3 Å². The van der Waals surface area contributed by atoms with Crippen LogP contribution in [0.25, 0.3) is 10.9 Å². The minimum Gasteiger partial charge on any atom is -0.467 e. The third-order valence-electron chi connectivity index (χ3n) is 3.97. The standard InChI is InChI=1S/C20H17BrN2O3/c1-26-20(25)18(10-13-5-4-7-16(21)9-13)23-19(24)15-11-14-6-2-3-8-17(14)22-12-15/h2-9,11-12,18H,10H2,1H3,(H,23,24)/t18-/m0/s1. The lowest BCUT2D eigenvalue weighted by Gasteiger charge is -2.17. The van der Waals surface area contributed by atoms with Crippen LogP contribution in [0.2, 0.25) is 0 Å². The van der Waals surface area contributed by atoms with E-state index in [1.54, 1.807) is 6.07 Å². The van der Waals surface area contributed by atoms with Crippen molar-refractivity contribution in [3.63, 3.8) is 0 Å². The Bertz CT molecular complexity index is 958. The third kappa shape index (κ3) is 4.26. The number of rotatable bonds is 5. The van der Waals surface area contributed by atoms with E-state index in [9.17, 15) is 9.59 Å². The molecule has 0 unspecified atom stereocenters. The number of amides is 1. The minimum atomic E-state index is -0.784. The molecule has 0 saturated carbocycles. The van der Waals surface area contributed by atoms with Gasteiger partial charge in [-0.25, -0.2) is 4.79 Å². The summed E-state index contributed by atoms with van der Waals surface area (Å²) in [6.45, 7) is 0. The zero-order valence-electron chi connectivity index (χ0n) is 14.1. The lowest BCUT2D eigenvalue weighted by molar-refractivity contribution is -0.142. The van der Waals surface area contributed by atoms with Gasteiger partial charge in [0.15, 0.2) is 0 Å². The van der Waals surface area contributed by atoms with E-state index >= 15 is 0 Å². The van der Waals surface area contributed by atoms with Gasteiger partial charge < -0.3 is 10.1 Å². The van der Waals surface area contributed by atoms with Crippen molar-refractivity contribution in [1.82, 2.24) is 10.3 Å². The van der Waals surface area contributed by atoms with Gasteiger partial charge in [0.2, 0.25) is 0 Å². The predicted molar refractivity (Wildman–Crippen MR) is 103 cm³/mol. The average Bonchev–Trinajstić information content (AvgIpc) is 2.66. The summed E-state index contributed by atoms with van der Waals surface area (Å²) in [6.07, 6.45) is 1.84. The normalized spacial score (nSPS) is 11.8. The molecule has 0 aliphatic heterocycles. The lowest BCUT2D eigenvalue weighted by Crippen LogP contribution is -2.43. The molecule has 1 atom stereocenters. The summed E-state index contributed by atoms with van der Waals surface area (Å²) in [7, 11) is 1.31. The molecule has 3 aromatic rings. The molecule has 0 aliphatic rings. The van der Waals surface area contributed by atoms with E-state index in [2.05, 4.69) is 26.2 Å². The zero-order chi connectivity index (χ0) is 18.5. The Morgan fingerprint density at radius 1 is 1.15 bits per heavy atom. The number of ether oxygens (including phenoxy) is 1. The number of para-hydroxylation sites is 1. The maximum atomic E-state index is 12.6. The summed E-state index contributed by atoms with van der Waals surface area (Å²) < 4.78 is 5.75. The molecule has 1 amide bonds. The highest BCUT2D eigenvalue weighted by Gasteiger charge is 2.23. The van der Waals surface area contributed by atoms with Gasteiger partial charge in [-0.15, -0.1) is 0 Å². The number of benzene rings is 2. The summed E-state index contributed by atoms with van der Waals surface area (Å²) in [6, 6.07) is 16.1. The Morgan fingerprint density at radius 3 is 2.73 bits per heavy atom. The SMILES string of the molecule is COC(=O)[C@H](Cc1cccc(Br)c1)NC(=O)c1cnc2ccccc2c1. The Labute approximate surface area is 159 Å². The Balaban J connectivity index is 1.80. The first-order chi connectivity index (χ1) is 12.6. The van der Waals surface area contributed by atoms with Crippen LogP contribution >= 0.6 is 15.9 Å². The van der Waals surface area contributed by atoms with Gasteiger partial charge in [0.05, 0.1) is 18.2 Å². The van der Waals surface area contributed by atoms with Crippen molar-refractivity contribution in [3.8, 4) is 0 Å². The van der Waals surface area contributed by atoms with Crippen molar-refractivity contribution in [2.75, 3.05) is 7.11 Å². The van der Waals surface area contributed by atoms with E-state index < -0.39 is 12.0 Å². The monoisotopic (exact) mass is 412 g/mol. The van der Waals surface area contributed by atoms with E-state index in [0.29, 0.717) is 12.0 Å². The number of aromatic nitrogens is 1. The molecular weight excluding hydrogens is 396 g/mol. The van der Waals surface area contributed by atoms with E-state index in [-0.39, 0.29) is 5.91 Å². The number of nitrogens with zero attached hydrogens (tertiary/aromatic N) is 1. The first kappa shape index (κ1) is 18.1. The second kappa shape index (κ2) is 8.10. The van der Waals surface area contributed by atoms with Gasteiger partial charge in [0.25, 0.3) is 5.91 Å². The number of hydrogen-bond donors (Lipinski definition) is 1. The fourth-order valence-corrected chi connectivity index (χ4v) is 3.12. The quantitative estimate of drug-likeness (QED) is 0.651. The van der Waals surface area contributed by atoms with Crippen LogP contribution in [0.3, 0.4) is 0 Å². The maximum Gasteiger partial charge on any atom is 0.328 e. The number of esters is 1. The number of pyridine rings is 1. The molecule has 0 saturated heterocycles. The van der Waals surface area contributed by atoms with Gasteiger partial charge in [-0.1, -0.05) is 46.3 Å². The van der Waals surface area contributed by atoms with Crippen molar-refractivity contribution in [3.05, 3.63) is 76.4 Å². The Hall–Kier alpha value is -2.73. The molecular formula is C20H17BrN2O3. The third-order valence-corrected chi connectivity index (χ3v) is 4.47. The number of carbonyl (C=O) groups excluding carboxylic acids is 2. The highest BCUT2D eigenvalue weighted by atomic mass is 79.9. The number of nitrogens with one attached hydrogen (secondary N) is 1. The molecule has 0 aliphatic carbocycles. The molecule has 6 heteroatoms. The van der Waals surface area contributed by atoms with Crippen molar-refractivity contribution >= 4 is 38.7 Å². The van der Waals surface area contributed by atoms with E-state index in [1.165, 1.54) is 13.3 Å². The highest BCUT2D eigenvalue weighted by molar-refractivity contribution is 9.10. The van der Waals surface area contributed by atoms with Gasteiger partial charge in [0.1, 0.15) is 6.04 Å². The minimum absolute atomic E-state index is 0.332. The fourth-order valence-electron chi connectivity index (χ4n) is 2.67. The Kier molecular flexibility index (Phi) is 5.63. The summed E-state index contributed by atoms with van der Waals surface area (Å²) in [5.41, 5.74) is 2.11. The smallest absolute Gasteiger partial charge is 0.328 e. The summed E-state index contributed by atoms with van der Waals surface area (Å²) >= 11 is 3.40. The van der Waals surface area contributed by atoms with Crippen LogP contribution in [-0.4, -0.2) is 30.0 Å². The predicted octanol–water partition coefficient (Wildman–Crippen LogP) is 3.51. The second-order valence-electron chi connectivity index (χ2n) is 5.80. The molecule has 0 spiro atoms. The number of fused-ring (bicyclic) bond motifs is 1. The number of carbonyl (C=O) groups is 2. The average molecular weight is 413 g/mol. The van der Waals surface area contributed by atoms with Gasteiger partial charge in [-0.05, 0) is 29.8 Å². The molecule has 3 rings (SSSR count). The molecule has 1 aromatic heterocycles. The van der Waals surface area contributed by atoms with E-state index in [0.717, 1.165) is 20.9 Å². The second-order valence-corrected chi connectivity index (χ2v) is 6.72. The van der Waals surface area contributed by atoms with Crippen LogP contribution in [0.5, 0.6) is 0 Å². The lowest BCUT2D eigenvalue weighted by atomic mass is 10.1. The van der Waals surface area contributed by atoms with Gasteiger partial charge >= 0.3 is 5.97 Å². The number of hydrogen-bond acceptors (Lipinski definition) is 4. The van der Waals surface area contributed by atoms with E-state index in [4.69, 9.17) is 4.74 Å². The topological polar surface area (TPSA) is 68.3 Å².